The number of aromatic nitrogens is 3. The summed E-state index contributed by atoms with van der Waals surface area (Å²) in [4.78, 5) is 4.45. The Morgan fingerprint density at radius 2 is 2.00 bits per heavy atom. The molecule has 20 heavy (non-hydrogen) atoms. The first-order valence-electron chi connectivity index (χ1n) is 6.59. The molecule has 0 aliphatic rings. The van der Waals surface area contributed by atoms with Crippen molar-refractivity contribution in [3.63, 3.8) is 0 Å². The highest BCUT2D eigenvalue weighted by molar-refractivity contribution is 6.30. The van der Waals surface area contributed by atoms with Crippen LogP contribution in [0.25, 0.3) is 5.65 Å². The van der Waals surface area contributed by atoms with Crippen LogP contribution in [0, 0.1) is 0 Å². The molecule has 0 aliphatic carbocycles. The van der Waals surface area contributed by atoms with Crippen LogP contribution in [0.2, 0.25) is 5.02 Å². The minimum atomic E-state index is 0.198. The predicted molar refractivity (Wildman–Crippen MR) is 81.1 cm³/mol. The van der Waals surface area contributed by atoms with Gasteiger partial charge in [-0.25, -0.2) is 4.52 Å². The number of nitrogens with zero attached hydrogens (tertiary/aromatic N) is 3. The zero-order valence-electron chi connectivity index (χ0n) is 11.1. The van der Waals surface area contributed by atoms with Gasteiger partial charge in [-0.15, -0.1) is 5.10 Å². The van der Waals surface area contributed by atoms with Crippen LogP contribution < -0.4 is 5.32 Å². The van der Waals surface area contributed by atoms with Crippen molar-refractivity contribution in [1.82, 2.24) is 14.6 Å². The highest BCUT2D eigenvalue weighted by atomic mass is 35.5. The number of hydrogen-bond acceptors (Lipinski definition) is 3. The van der Waals surface area contributed by atoms with Crippen LogP contribution in [0.1, 0.15) is 24.9 Å². The lowest BCUT2D eigenvalue weighted by Gasteiger charge is -2.15. The van der Waals surface area contributed by atoms with Gasteiger partial charge >= 0.3 is 0 Å². The maximum absolute atomic E-state index is 5.95. The Morgan fingerprint density at radius 1 is 1.20 bits per heavy atom. The van der Waals surface area contributed by atoms with Crippen molar-refractivity contribution in [1.29, 1.82) is 0 Å². The minimum absolute atomic E-state index is 0.198. The van der Waals surface area contributed by atoms with Crippen molar-refractivity contribution in [3.05, 3.63) is 59.2 Å². The van der Waals surface area contributed by atoms with Gasteiger partial charge in [-0.1, -0.05) is 48.9 Å². The number of nitrogens with one attached hydrogen (secondary N) is 1. The van der Waals surface area contributed by atoms with Crippen molar-refractivity contribution < 1.29 is 0 Å². The van der Waals surface area contributed by atoms with E-state index in [-0.39, 0.29) is 6.04 Å². The maximum atomic E-state index is 5.95. The van der Waals surface area contributed by atoms with E-state index in [0.29, 0.717) is 11.0 Å². The molecule has 0 spiro atoms. The third-order valence-corrected chi connectivity index (χ3v) is 3.43. The molecule has 1 atom stereocenters. The summed E-state index contributed by atoms with van der Waals surface area (Å²) in [5.41, 5.74) is 2.01. The first-order chi connectivity index (χ1) is 9.76. The fraction of sp³-hybridized carbons (Fsp3) is 0.200. The van der Waals surface area contributed by atoms with E-state index in [1.54, 1.807) is 10.7 Å². The van der Waals surface area contributed by atoms with Crippen molar-refractivity contribution in [2.24, 2.45) is 0 Å². The number of pyridine rings is 1. The van der Waals surface area contributed by atoms with Crippen molar-refractivity contribution in [2.75, 3.05) is 5.32 Å². The summed E-state index contributed by atoms with van der Waals surface area (Å²) < 4.78 is 1.68. The molecule has 0 saturated carbocycles. The lowest BCUT2D eigenvalue weighted by atomic mass is 10.1. The molecular weight excluding hydrogens is 272 g/mol. The average molecular weight is 287 g/mol. The molecule has 4 nitrogen and oxygen atoms in total. The standard InChI is InChI=1S/C15H15ClN4/c1-2-13(11-6-4-3-5-7-11)17-15-18-14-9-8-12(16)10-20(14)19-15/h3-10,13H,2H2,1H3,(H,17,19). The van der Waals surface area contributed by atoms with Gasteiger partial charge in [0.15, 0.2) is 5.65 Å². The quantitative estimate of drug-likeness (QED) is 0.790. The molecule has 1 aromatic carbocycles. The number of anilines is 1. The Morgan fingerprint density at radius 3 is 2.75 bits per heavy atom. The Balaban J connectivity index is 1.87. The lowest BCUT2D eigenvalue weighted by Crippen LogP contribution is -2.10. The first kappa shape index (κ1) is 12.9. The average Bonchev–Trinajstić information content (AvgIpc) is 2.87. The van der Waals surface area contributed by atoms with Crippen LogP contribution in [0.15, 0.2) is 48.7 Å². The van der Waals surface area contributed by atoms with E-state index in [1.807, 2.05) is 30.3 Å². The maximum Gasteiger partial charge on any atom is 0.243 e. The molecule has 102 valence electrons. The Labute approximate surface area is 122 Å². The summed E-state index contributed by atoms with van der Waals surface area (Å²) in [6.07, 6.45) is 2.71. The van der Waals surface area contributed by atoms with Crippen LogP contribution in [-0.4, -0.2) is 14.6 Å². The Bertz CT molecular complexity index is 708. The molecule has 0 aliphatic heterocycles. The number of rotatable bonds is 4. The smallest absolute Gasteiger partial charge is 0.243 e. The topological polar surface area (TPSA) is 42.2 Å². The number of hydrogen-bond donors (Lipinski definition) is 1. The van der Waals surface area contributed by atoms with Crippen molar-refractivity contribution in [2.45, 2.75) is 19.4 Å². The Hall–Kier alpha value is -2.07. The van der Waals surface area contributed by atoms with Gasteiger partial charge in [0.2, 0.25) is 5.95 Å². The SMILES string of the molecule is CCC(Nc1nc2ccc(Cl)cn2n1)c1ccccc1. The van der Waals surface area contributed by atoms with Gasteiger partial charge in [0.25, 0.3) is 0 Å². The molecule has 5 heteroatoms. The van der Waals surface area contributed by atoms with E-state index in [4.69, 9.17) is 11.6 Å². The van der Waals surface area contributed by atoms with Crippen molar-refractivity contribution >= 4 is 23.2 Å². The molecular formula is C15H15ClN4. The van der Waals surface area contributed by atoms with Gasteiger partial charge < -0.3 is 5.32 Å². The van der Waals surface area contributed by atoms with Crippen LogP contribution in [0.5, 0.6) is 0 Å². The molecule has 2 aromatic heterocycles. The van der Waals surface area contributed by atoms with E-state index >= 15 is 0 Å². The van der Waals surface area contributed by atoms with E-state index in [0.717, 1.165) is 12.1 Å². The summed E-state index contributed by atoms with van der Waals surface area (Å²) in [5, 5.41) is 8.41. The summed E-state index contributed by atoms with van der Waals surface area (Å²) in [7, 11) is 0. The molecule has 3 aromatic rings. The van der Waals surface area contributed by atoms with Crippen molar-refractivity contribution in [3.8, 4) is 0 Å². The summed E-state index contributed by atoms with van der Waals surface area (Å²) in [6.45, 7) is 2.14. The second-order valence-electron chi connectivity index (χ2n) is 4.60. The monoisotopic (exact) mass is 286 g/mol. The molecule has 3 rings (SSSR count). The van der Waals surface area contributed by atoms with Gasteiger partial charge in [0.05, 0.1) is 11.1 Å². The molecule has 2 heterocycles. The second kappa shape index (κ2) is 5.51. The van der Waals surface area contributed by atoms with E-state index < -0.39 is 0 Å². The van der Waals surface area contributed by atoms with E-state index in [1.165, 1.54) is 5.56 Å². The second-order valence-corrected chi connectivity index (χ2v) is 5.04. The molecule has 0 saturated heterocycles. The normalized spacial score (nSPS) is 12.5. The van der Waals surface area contributed by atoms with Crippen LogP contribution in [-0.2, 0) is 0 Å². The highest BCUT2D eigenvalue weighted by Crippen LogP contribution is 2.21. The fourth-order valence-electron chi connectivity index (χ4n) is 2.18. The zero-order valence-corrected chi connectivity index (χ0v) is 11.9. The van der Waals surface area contributed by atoms with Gasteiger partial charge in [-0.05, 0) is 24.1 Å². The summed E-state index contributed by atoms with van der Waals surface area (Å²) in [5.74, 6) is 0.614. The number of benzene rings is 1. The minimum Gasteiger partial charge on any atom is -0.346 e. The lowest BCUT2D eigenvalue weighted by molar-refractivity contribution is 0.737. The van der Waals surface area contributed by atoms with Crippen LogP contribution in [0.3, 0.4) is 0 Å². The molecule has 1 N–H and O–H groups in total. The van der Waals surface area contributed by atoms with Gasteiger partial charge in [0.1, 0.15) is 0 Å². The number of halogens is 1. The van der Waals surface area contributed by atoms with Crippen LogP contribution >= 0.6 is 11.6 Å². The summed E-state index contributed by atoms with van der Waals surface area (Å²) in [6, 6.07) is 14.2. The third kappa shape index (κ3) is 2.60. The van der Waals surface area contributed by atoms with E-state index in [2.05, 4.69) is 34.5 Å². The molecule has 0 radical (unpaired) electrons. The molecule has 1 unspecified atom stereocenters. The predicted octanol–water partition coefficient (Wildman–Crippen LogP) is 3.95. The van der Waals surface area contributed by atoms with E-state index in [9.17, 15) is 0 Å². The van der Waals surface area contributed by atoms with Gasteiger partial charge in [0, 0.05) is 6.20 Å². The first-order valence-corrected chi connectivity index (χ1v) is 6.97. The molecule has 0 bridgehead atoms. The molecule has 0 amide bonds. The van der Waals surface area contributed by atoms with Crippen LogP contribution in [0.4, 0.5) is 5.95 Å². The third-order valence-electron chi connectivity index (χ3n) is 3.21. The largest absolute Gasteiger partial charge is 0.346 e. The van der Waals surface area contributed by atoms with Gasteiger partial charge in [-0.2, -0.15) is 4.98 Å². The fourth-order valence-corrected chi connectivity index (χ4v) is 2.34. The molecule has 0 fully saturated rings. The zero-order chi connectivity index (χ0) is 13.9. The van der Waals surface area contributed by atoms with Gasteiger partial charge in [-0.3, -0.25) is 0 Å². The highest BCUT2D eigenvalue weighted by Gasteiger charge is 2.11. The summed E-state index contributed by atoms with van der Waals surface area (Å²) >= 11 is 5.95. The Kier molecular flexibility index (Phi) is 3.56. The number of fused-ring (bicyclic) bond motifs is 1.